The SMILES string of the molecule is CC(C)(N=[N+]=[N-])c1cnc(O[C@H]2C[C@@H](S(=O)(=O)C3CC3)C2)c2cnc(Cl)cc12. The van der Waals surface area contributed by atoms with E-state index in [9.17, 15) is 8.42 Å². The lowest BCUT2D eigenvalue weighted by atomic mass is 9.92. The van der Waals surface area contributed by atoms with E-state index in [1.807, 2.05) is 0 Å². The molecule has 0 atom stereocenters. The van der Waals surface area contributed by atoms with Crippen LogP contribution in [-0.4, -0.2) is 35.0 Å². The van der Waals surface area contributed by atoms with E-state index in [4.69, 9.17) is 21.9 Å². The number of hydrogen-bond acceptors (Lipinski definition) is 6. The van der Waals surface area contributed by atoms with Crippen LogP contribution in [-0.2, 0) is 15.4 Å². The molecule has 28 heavy (non-hydrogen) atoms. The second-order valence-electron chi connectivity index (χ2n) is 7.90. The van der Waals surface area contributed by atoms with E-state index in [2.05, 4.69) is 20.0 Å². The van der Waals surface area contributed by atoms with Crippen LogP contribution < -0.4 is 4.74 Å². The lowest BCUT2D eigenvalue weighted by Gasteiger charge is -2.35. The first kappa shape index (κ1) is 19.2. The Morgan fingerprint density at radius 1 is 1.21 bits per heavy atom. The van der Waals surface area contributed by atoms with Crippen molar-refractivity contribution >= 4 is 32.2 Å². The number of sulfone groups is 1. The number of rotatable bonds is 6. The minimum atomic E-state index is -3.01. The van der Waals surface area contributed by atoms with Crippen molar-refractivity contribution in [3.8, 4) is 5.88 Å². The monoisotopic (exact) mass is 421 g/mol. The molecule has 4 rings (SSSR count). The second-order valence-corrected chi connectivity index (χ2v) is 10.8. The minimum Gasteiger partial charge on any atom is -0.474 e. The molecule has 0 radical (unpaired) electrons. The molecule has 2 aromatic heterocycles. The van der Waals surface area contributed by atoms with Crippen molar-refractivity contribution in [1.29, 1.82) is 0 Å². The predicted molar refractivity (Wildman–Crippen MR) is 106 cm³/mol. The summed E-state index contributed by atoms with van der Waals surface area (Å²) in [5, 5.41) is 5.09. The molecule has 0 N–H and O–H groups in total. The van der Waals surface area contributed by atoms with Gasteiger partial charge in [-0.3, -0.25) is 0 Å². The topological polar surface area (TPSA) is 118 Å². The van der Waals surface area contributed by atoms with Crippen LogP contribution in [0.1, 0.15) is 45.1 Å². The molecule has 2 saturated carbocycles. The van der Waals surface area contributed by atoms with Gasteiger partial charge >= 0.3 is 0 Å². The van der Waals surface area contributed by atoms with Gasteiger partial charge < -0.3 is 4.74 Å². The summed E-state index contributed by atoms with van der Waals surface area (Å²) in [6.07, 6.45) is 5.52. The van der Waals surface area contributed by atoms with E-state index >= 15 is 0 Å². The quantitative estimate of drug-likeness (QED) is 0.298. The molecule has 8 nitrogen and oxygen atoms in total. The van der Waals surface area contributed by atoms with Crippen LogP contribution in [0, 0.1) is 0 Å². The van der Waals surface area contributed by atoms with Crippen molar-refractivity contribution in [3.63, 3.8) is 0 Å². The highest BCUT2D eigenvalue weighted by Crippen LogP contribution is 2.41. The first-order chi connectivity index (χ1) is 13.2. The van der Waals surface area contributed by atoms with E-state index in [1.54, 1.807) is 32.3 Å². The average molecular weight is 422 g/mol. The van der Waals surface area contributed by atoms with Crippen LogP contribution in [0.25, 0.3) is 21.2 Å². The Kier molecular flexibility index (Phi) is 4.64. The van der Waals surface area contributed by atoms with Gasteiger partial charge in [0.2, 0.25) is 5.88 Å². The number of aromatic nitrogens is 2. The van der Waals surface area contributed by atoms with Gasteiger partial charge in [0.25, 0.3) is 0 Å². The summed E-state index contributed by atoms with van der Waals surface area (Å²) in [4.78, 5) is 11.4. The molecule has 0 aliphatic heterocycles. The number of nitrogens with zero attached hydrogens (tertiary/aromatic N) is 5. The zero-order valence-electron chi connectivity index (χ0n) is 15.5. The second kappa shape index (κ2) is 6.76. The lowest BCUT2D eigenvalue weighted by Crippen LogP contribution is -2.44. The zero-order chi connectivity index (χ0) is 20.1. The van der Waals surface area contributed by atoms with Crippen molar-refractivity contribution in [2.45, 2.75) is 61.7 Å². The van der Waals surface area contributed by atoms with Crippen LogP contribution in [0.5, 0.6) is 5.88 Å². The summed E-state index contributed by atoms with van der Waals surface area (Å²) in [5.74, 6) is 0.381. The molecule has 0 saturated heterocycles. The molecule has 2 fully saturated rings. The fourth-order valence-electron chi connectivity index (χ4n) is 3.54. The van der Waals surface area contributed by atoms with Gasteiger partial charge in [0, 0.05) is 30.1 Å². The van der Waals surface area contributed by atoms with Crippen molar-refractivity contribution in [2.75, 3.05) is 0 Å². The summed E-state index contributed by atoms with van der Waals surface area (Å²) in [7, 11) is -3.01. The Balaban J connectivity index is 1.62. The Morgan fingerprint density at radius 3 is 2.57 bits per heavy atom. The fourth-order valence-corrected chi connectivity index (χ4v) is 6.00. The Bertz CT molecular complexity index is 1090. The summed E-state index contributed by atoms with van der Waals surface area (Å²) in [6, 6.07) is 1.69. The molecule has 2 heterocycles. The normalized spacial score (nSPS) is 22.4. The third-order valence-corrected chi connectivity index (χ3v) is 8.36. The molecular formula is C18H20ClN5O3S. The smallest absolute Gasteiger partial charge is 0.223 e. The maximum absolute atomic E-state index is 12.3. The highest BCUT2D eigenvalue weighted by molar-refractivity contribution is 7.93. The van der Waals surface area contributed by atoms with Crippen molar-refractivity contribution in [1.82, 2.24) is 9.97 Å². The number of fused-ring (bicyclic) bond motifs is 1. The summed E-state index contributed by atoms with van der Waals surface area (Å²) in [6.45, 7) is 3.58. The Hall–Kier alpha value is -2.09. The number of hydrogen-bond donors (Lipinski definition) is 0. The van der Waals surface area contributed by atoms with E-state index in [1.165, 1.54) is 0 Å². The lowest BCUT2D eigenvalue weighted by molar-refractivity contribution is 0.119. The molecule has 2 aliphatic rings. The highest BCUT2D eigenvalue weighted by atomic mass is 35.5. The van der Waals surface area contributed by atoms with Gasteiger partial charge in [-0.05, 0) is 35.4 Å². The van der Waals surface area contributed by atoms with Crippen molar-refractivity contribution < 1.29 is 13.2 Å². The van der Waals surface area contributed by atoms with Crippen LogP contribution in [0.2, 0.25) is 5.15 Å². The molecule has 0 amide bonds. The van der Waals surface area contributed by atoms with Gasteiger partial charge in [0.05, 0.1) is 21.4 Å². The molecule has 2 aliphatic carbocycles. The molecule has 0 aromatic carbocycles. The average Bonchev–Trinajstić information content (AvgIpc) is 3.42. The molecule has 0 spiro atoms. The van der Waals surface area contributed by atoms with Gasteiger partial charge in [-0.1, -0.05) is 30.6 Å². The van der Waals surface area contributed by atoms with Crippen molar-refractivity contribution in [2.24, 2.45) is 5.11 Å². The molecule has 0 unspecified atom stereocenters. The van der Waals surface area contributed by atoms with Crippen LogP contribution >= 0.6 is 11.6 Å². The van der Waals surface area contributed by atoms with Gasteiger partial charge in [-0.2, -0.15) is 0 Å². The van der Waals surface area contributed by atoms with E-state index in [-0.39, 0.29) is 16.6 Å². The van der Waals surface area contributed by atoms with Gasteiger partial charge in [0.15, 0.2) is 9.84 Å². The number of ether oxygens (including phenoxy) is 1. The number of halogens is 1. The fraction of sp³-hybridized carbons (Fsp3) is 0.556. The summed E-state index contributed by atoms with van der Waals surface area (Å²) in [5.41, 5.74) is 8.74. The Labute approximate surface area is 167 Å². The number of azide groups is 1. The molecular weight excluding hydrogens is 402 g/mol. The first-order valence-corrected chi connectivity index (χ1v) is 11.1. The summed E-state index contributed by atoms with van der Waals surface area (Å²) < 4.78 is 30.6. The zero-order valence-corrected chi connectivity index (χ0v) is 17.1. The van der Waals surface area contributed by atoms with Crippen LogP contribution in [0.15, 0.2) is 23.6 Å². The molecule has 10 heteroatoms. The van der Waals surface area contributed by atoms with Gasteiger partial charge in [-0.15, -0.1) is 0 Å². The van der Waals surface area contributed by atoms with E-state index < -0.39 is 15.4 Å². The van der Waals surface area contributed by atoms with Crippen LogP contribution in [0.4, 0.5) is 0 Å². The highest BCUT2D eigenvalue weighted by Gasteiger charge is 2.47. The third-order valence-electron chi connectivity index (χ3n) is 5.44. The third kappa shape index (κ3) is 3.38. The standard InChI is InChI=1S/C18H20ClN5O3S/c1-18(2,23-24-20)15-9-22-17(14-8-21-16(19)7-13(14)15)27-10-5-12(6-10)28(25,26)11-3-4-11/h7-12H,3-6H2,1-2H3/t10-,12+. The largest absolute Gasteiger partial charge is 0.474 e. The van der Waals surface area contributed by atoms with E-state index in [0.717, 1.165) is 18.2 Å². The minimum absolute atomic E-state index is 0.147. The Morgan fingerprint density at radius 2 is 1.93 bits per heavy atom. The van der Waals surface area contributed by atoms with Crippen LogP contribution in [0.3, 0.4) is 0 Å². The maximum Gasteiger partial charge on any atom is 0.223 e. The van der Waals surface area contributed by atoms with Crippen molar-refractivity contribution in [3.05, 3.63) is 39.6 Å². The predicted octanol–water partition coefficient (Wildman–Crippen LogP) is 4.32. The first-order valence-electron chi connectivity index (χ1n) is 9.12. The van der Waals surface area contributed by atoms with Gasteiger partial charge in [-0.25, -0.2) is 18.4 Å². The van der Waals surface area contributed by atoms with E-state index in [0.29, 0.717) is 34.8 Å². The number of pyridine rings is 2. The summed E-state index contributed by atoms with van der Waals surface area (Å²) >= 11 is 6.08. The van der Waals surface area contributed by atoms with Gasteiger partial charge in [0.1, 0.15) is 11.3 Å². The molecule has 0 bridgehead atoms. The molecule has 2 aromatic rings. The molecule has 148 valence electrons. The maximum atomic E-state index is 12.3.